The molecule has 2 atom stereocenters. The average molecular weight is 678 g/mol. The Morgan fingerprint density at radius 2 is 1.69 bits per heavy atom. The molecule has 2 N–H and O–H groups in total. The Morgan fingerprint density at radius 3 is 2.33 bits per heavy atom. The normalized spacial score (nSPS) is 15.7. The topological polar surface area (TPSA) is 123 Å². The number of aromatic nitrogens is 2. The Bertz CT molecular complexity index is 1910. The Labute approximate surface area is 278 Å². The van der Waals surface area contributed by atoms with Crippen molar-refractivity contribution in [1.82, 2.24) is 20.4 Å². The molecule has 49 heavy (non-hydrogen) atoms. The van der Waals surface area contributed by atoms with Gasteiger partial charge in [-0.3, -0.25) is 19.3 Å². The first-order valence-electron chi connectivity index (χ1n) is 15.1. The van der Waals surface area contributed by atoms with E-state index in [0.717, 1.165) is 19.2 Å². The van der Waals surface area contributed by atoms with Crippen LogP contribution in [0.5, 0.6) is 0 Å². The van der Waals surface area contributed by atoms with Gasteiger partial charge in [0.2, 0.25) is 5.91 Å². The standard InChI is InChI=1S/C35H31F4N5O5/c1-4-43-32-29(26(42-44(32)25-11-6-5-7-12-25)19-40-27(45)17-20(2)34(48)49-3)28(21-13-15-24(36)16-14-21)30(33(43)47)41-31(46)22-9-8-10-23(18-22)35(37,38)39/h5-16,18,28,30H,2,4,17,19H2,1,3H3,(H,40,45)(H,41,46)/t28-,30+/m1/s1. The van der Waals surface area contributed by atoms with Crippen LogP contribution in [0.3, 0.4) is 0 Å². The lowest BCUT2D eigenvalue weighted by atomic mass is 9.80. The molecular weight excluding hydrogens is 646 g/mol. The number of nitrogens with one attached hydrogen (secondary N) is 2. The molecule has 0 aliphatic carbocycles. The molecule has 0 saturated carbocycles. The van der Waals surface area contributed by atoms with Gasteiger partial charge in [0, 0.05) is 29.2 Å². The van der Waals surface area contributed by atoms with Gasteiger partial charge in [-0.2, -0.15) is 18.3 Å². The third-order valence-corrected chi connectivity index (χ3v) is 7.99. The van der Waals surface area contributed by atoms with Gasteiger partial charge in [-0.25, -0.2) is 13.9 Å². The van der Waals surface area contributed by atoms with Crippen molar-refractivity contribution in [2.75, 3.05) is 18.6 Å². The van der Waals surface area contributed by atoms with Crippen LogP contribution in [0.1, 0.15) is 52.0 Å². The van der Waals surface area contributed by atoms with Gasteiger partial charge in [-0.1, -0.05) is 43.0 Å². The van der Waals surface area contributed by atoms with Gasteiger partial charge in [0.15, 0.2) is 0 Å². The number of hydrogen-bond acceptors (Lipinski definition) is 6. The number of hydrogen-bond donors (Lipinski definition) is 2. The van der Waals surface area contributed by atoms with Crippen LogP contribution in [-0.4, -0.2) is 53.2 Å². The lowest BCUT2D eigenvalue weighted by Crippen LogP contribution is -2.55. The molecule has 4 aromatic rings. The van der Waals surface area contributed by atoms with E-state index in [0.29, 0.717) is 28.7 Å². The molecule has 0 saturated heterocycles. The molecule has 1 aromatic heterocycles. The van der Waals surface area contributed by atoms with Gasteiger partial charge in [-0.15, -0.1) is 0 Å². The van der Waals surface area contributed by atoms with Crippen LogP contribution in [0, 0.1) is 5.82 Å². The molecule has 14 heteroatoms. The number of carbonyl (C=O) groups excluding carboxylic acids is 4. The number of rotatable bonds is 10. The van der Waals surface area contributed by atoms with Crippen molar-refractivity contribution in [2.24, 2.45) is 0 Å². The van der Waals surface area contributed by atoms with Crippen LogP contribution in [0.15, 0.2) is 91.0 Å². The summed E-state index contributed by atoms with van der Waals surface area (Å²) in [5.74, 6) is -4.14. The molecule has 0 spiro atoms. The van der Waals surface area contributed by atoms with Crippen LogP contribution >= 0.6 is 0 Å². The van der Waals surface area contributed by atoms with Gasteiger partial charge in [0.1, 0.15) is 17.7 Å². The smallest absolute Gasteiger partial charge is 0.416 e. The van der Waals surface area contributed by atoms with E-state index in [1.807, 2.05) is 0 Å². The maximum atomic E-state index is 14.3. The van der Waals surface area contributed by atoms with E-state index in [9.17, 15) is 36.7 Å². The van der Waals surface area contributed by atoms with Crippen LogP contribution in [0.25, 0.3) is 5.69 Å². The summed E-state index contributed by atoms with van der Waals surface area (Å²) in [5.41, 5.74) is 0.174. The Kier molecular flexibility index (Phi) is 9.97. The zero-order valence-electron chi connectivity index (χ0n) is 26.4. The minimum Gasteiger partial charge on any atom is -0.466 e. The van der Waals surface area contributed by atoms with Crippen LogP contribution in [-0.2, 0) is 31.8 Å². The predicted octanol–water partition coefficient (Wildman–Crippen LogP) is 5.06. The largest absolute Gasteiger partial charge is 0.466 e. The number of alkyl halides is 3. The summed E-state index contributed by atoms with van der Waals surface area (Å²) in [4.78, 5) is 53.9. The first-order valence-corrected chi connectivity index (χ1v) is 15.1. The average Bonchev–Trinajstić information content (AvgIpc) is 3.46. The molecule has 0 unspecified atom stereocenters. The van der Waals surface area contributed by atoms with Gasteiger partial charge in [0.25, 0.3) is 11.8 Å². The first kappa shape index (κ1) is 34.5. The highest BCUT2D eigenvalue weighted by Gasteiger charge is 2.46. The highest BCUT2D eigenvalue weighted by molar-refractivity contribution is 6.05. The number of nitrogens with zero attached hydrogens (tertiary/aromatic N) is 3. The third-order valence-electron chi connectivity index (χ3n) is 7.99. The molecule has 5 rings (SSSR count). The van der Waals surface area contributed by atoms with Crippen LogP contribution in [0.4, 0.5) is 23.4 Å². The predicted molar refractivity (Wildman–Crippen MR) is 170 cm³/mol. The van der Waals surface area contributed by atoms with Gasteiger partial charge >= 0.3 is 12.1 Å². The number of fused-ring (bicyclic) bond motifs is 1. The summed E-state index contributed by atoms with van der Waals surface area (Å²) in [6.07, 6.45) is -5.08. The number of ether oxygens (including phenoxy) is 1. The first-order chi connectivity index (χ1) is 23.3. The Hall–Kier alpha value is -5.79. The summed E-state index contributed by atoms with van der Waals surface area (Å²) in [6, 6.07) is 16.5. The van der Waals surface area contributed by atoms with Crippen molar-refractivity contribution in [1.29, 1.82) is 0 Å². The molecular formula is C35H31F4N5O5. The zero-order valence-corrected chi connectivity index (χ0v) is 26.4. The summed E-state index contributed by atoms with van der Waals surface area (Å²) in [5, 5.41) is 10.1. The van der Waals surface area contributed by atoms with E-state index in [2.05, 4.69) is 21.9 Å². The molecule has 10 nitrogen and oxygen atoms in total. The molecule has 1 aliphatic rings. The van der Waals surface area contributed by atoms with Crippen molar-refractivity contribution >= 4 is 29.5 Å². The number of esters is 1. The fourth-order valence-corrected chi connectivity index (χ4v) is 5.70. The van der Waals surface area contributed by atoms with E-state index in [4.69, 9.17) is 5.10 Å². The fourth-order valence-electron chi connectivity index (χ4n) is 5.70. The summed E-state index contributed by atoms with van der Waals surface area (Å²) >= 11 is 0. The molecule has 0 radical (unpaired) electrons. The zero-order chi connectivity index (χ0) is 35.5. The molecule has 3 aromatic carbocycles. The Balaban J connectivity index is 1.65. The monoisotopic (exact) mass is 677 g/mol. The van der Waals surface area contributed by atoms with Gasteiger partial charge in [-0.05, 0) is 55.0 Å². The summed E-state index contributed by atoms with van der Waals surface area (Å²) in [6.45, 7) is 5.17. The van der Waals surface area contributed by atoms with E-state index < -0.39 is 53.2 Å². The fraction of sp³-hybridized carbons (Fsp3) is 0.229. The van der Waals surface area contributed by atoms with Crippen molar-refractivity contribution in [3.05, 3.63) is 125 Å². The summed E-state index contributed by atoms with van der Waals surface area (Å²) in [7, 11) is 1.16. The third kappa shape index (κ3) is 7.22. The number of likely N-dealkylation sites (N-methyl/N-ethyl adjacent to an activating group) is 1. The second-order valence-electron chi connectivity index (χ2n) is 11.1. The number of amides is 3. The lowest BCUT2D eigenvalue weighted by Gasteiger charge is -2.38. The SMILES string of the molecule is C=C(CC(=O)NCc1nn(-c2ccccc2)c2c1[C@@H](c1ccc(F)cc1)[C@H](NC(=O)c1cccc(C(F)(F)F)c1)C(=O)N2CC)C(=O)OC. The minimum atomic E-state index is -4.71. The molecule has 0 bridgehead atoms. The molecule has 1 aliphatic heterocycles. The highest BCUT2D eigenvalue weighted by Crippen LogP contribution is 2.44. The summed E-state index contributed by atoms with van der Waals surface area (Å²) < 4.78 is 60.8. The minimum absolute atomic E-state index is 0.0823. The molecule has 3 amide bonds. The van der Waals surface area contributed by atoms with Crippen LogP contribution < -0.4 is 15.5 Å². The maximum absolute atomic E-state index is 14.3. The lowest BCUT2D eigenvalue weighted by molar-refractivity contribution is -0.138. The van der Waals surface area contributed by atoms with Crippen molar-refractivity contribution in [3.63, 3.8) is 0 Å². The number of carbonyl (C=O) groups is 4. The molecule has 2 heterocycles. The van der Waals surface area contributed by atoms with E-state index >= 15 is 0 Å². The van der Waals surface area contributed by atoms with E-state index in [-0.39, 0.29) is 36.3 Å². The van der Waals surface area contributed by atoms with Crippen molar-refractivity contribution in [3.8, 4) is 5.69 Å². The highest BCUT2D eigenvalue weighted by atomic mass is 19.4. The number of halogens is 4. The quantitative estimate of drug-likeness (QED) is 0.138. The van der Waals surface area contributed by atoms with Crippen molar-refractivity contribution in [2.45, 2.75) is 38.0 Å². The van der Waals surface area contributed by atoms with Gasteiger partial charge < -0.3 is 15.4 Å². The second kappa shape index (κ2) is 14.1. The van der Waals surface area contributed by atoms with Crippen LogP contribution in [0.2, 0.25) is 0 Å². The number of anilines is 1. The van der Waals surface area contributed by atoms with Crippen molar-refractivity contribution < 1.29 is 41.5 Å². The maximum Gasteiger partial charge on any atom is 0.416 e. The van der Waals surface area contributed by atoms with E-state index in [1.165, 1.54) is 39.9 Å². The number of para-hydroxylation sites is 1. The Morgan fingerprint density at radius 1 is 1.00 bits per heavy atom. The molecule has 0 fully saturated rings. The number of methoxy groups -OCH3 is 1. The van der Waals surface area contributed by atoms with E-state index in [1.54, 1.807) is 37.3 Å². The van der Waals surface area contributed by atoms with Gasteiger partial charge in [0.05, 0.1) is 37.0 Å². The molecule has 254 valence electrons. The number of benzene rings is 3. The second-order valence-corrected chi connectivity index (χ2v) is 11.1.